The van der Waals surface area contributed by atoms with E-state index < -0.39 is 0 Å². The Labute approximate surface area is 199 Å². The molecule has 2 bridgehead atoms. The second kappa shape index (κ2) is 9.74. The van der Waals surface area contributed by atoms with E-state index in [2.05, 4.69) is 31.5 Å². The van der Waals surface area contributed by atoms with E-state index in [-0.39, 0.29) is 6.03 Å². The number of carbonyl (C=O) groups is 1. The highest BCUT2D eigenvalue weighted by molar-refractivity contribution is 5.99. The summed E-state index contributed by atoms with van der Waals surface area (Å²) in [5.41, 5.74) is 3.20. The molecule has 2 saturated heterocycles. The molecule has 176 valence electrons. The molecule has 34 heavy (non-hydrogen) atoms. The van der Waals surface area contributed by atoms with E-state index in [0.717, 1.165) is 49.7 Å². The highest BCUT2D eigenvalue weighted by Gasteiger charge is 2.38. The number of nitrogens with zero attached hydrogens (tertiary/aromatic N) is 5. The van der Waals surface area contributed by atoms with Crippen molar-refractivity contribution in [1.29, 1.82) is 0 Å². The molecule has 0 saturated carbocycles. The number of pyridine rings is 1. The van der Waals surface area contributed by atoms with Crippen molar-refractivity contribution in [3.05, 3.63) is 60.6 Å². The Balaban J connectivity index is 1.36. The minimum Gasteiger partial charge on any atom is -0.377 e. The van der Waals surface area contributed by atoms with Crippen LogP contribution in [0.2, 0.25) is 0 Å². The van der Waals surface area contributed by atoms with E-state index in [4.69, 9.17) is 14.7 Å². The van der Waals surface area contributed by atoms with E-state index in [1.165, 1.54) is 0 Å². The van der Waals surface area contributed by atoms with Gasteiger partial charge in [0, 0.05) is 30.1 Å². The third-order valence-corrected chi connectivity index (χ3v) is 6.07. The second-order valence-corrected chi connectivity index (χ2v) is 9.01. The van der Waals surface area contributed by atoms with Crippen molar-refractivity contribution in [1.82, 2.24) is 19.9 Å². The Kier molecular flexibility index (Phi) is 6.37. The number of urea groups is 1. The van der Waals surface area contributed by atoms with Crippen molar-refractivity contribution < 1.29 is 9.53 Å². The van der Waals surface area contributed by atoms with E-state index >= 15 is 0 Å². The molecule has 5 rings (SSSR count). The van der Waals surface area contributed by atoms with Crippen LogP contribution in [0.4, 0.5) is 22.0 Å². The summed E-state index contributed by atoms with van der Waals surface area (Å²) in [6.45, 7) is 2.23. The third kappa shape index (κ3) is 5.00. The average Bonchev–Trinajstić information content (AvgIpc) is 3.08. The normalized spacial score (nSPS) is 19.3. The molecule has 2 amide bonds. The summed E-state index contributed by atoms with van der Waals surface area (Å²) in [6.07, 6.45) is 5.52. The zero-order valence-corrected chi connectivity index (χ0v) is 19.4. The van der Waals surface area contributed by atoms with Crippen molar-refractivity contribution in [2.45, 2.75) is 31.5 Å². The molecule has 4 heterocycles. The maximum Gasteiger partial charge on any atom is 0.323 e. The van der Waals surface area contributed by atoms with Gasteiger partial charge in [0.15, 0.2) is 5.82 Å². The first kappa shape index (κ1) is 22.2. The summed E-state index contributed by atoms with van der Waals surface area (Å²) >= 11 is 0. The molecule has 1 aromatic carbocycles. The quantitative estimate of drug-likeness (QED) is 0.581. The molecule has 9 nitrogen and oxygen atoms in total. The first-order chi connectivity index (χ1) is 16.5. The van der Waals surface area contributed by atoms with Crippen LogP contribution in [0, 0.1) is 0 Å². The minimum atomic E-state index is -0.324. The molecule has 2 aliphatic heterocycles. The fraction of sp³-hybridized carbons (Fsp3) is 0.360. The van der Waals surface area contributed by atoms with Gasteiger partial charge in [0.2, 0.25) is 0 Å². The van der Waals surface area contributed by atoms with E-state index in [0.29, 0.717) is 29.3 Å². The molecular formula is C25H29N7O2. The Hall–Kier alpha value is -3.56. The number of nitrogens with one attached hydrogen (secondary N) is 2. The van der Waals surface area contributed by atoms with Crippen LogP contribution in [0.15, 0.2) is 54.9 Å². The summed E-state index contributed by atoms with van der Waals surface area (Å²) in [5.74, 6) is 1.65. The molecule has 9 heteroatoms. The number of ether oxygens (including phenoxy) is 1. The standard InChI is InChI=1S/C25H29N7O2/c1-31(2)14-20-12-23(32-21-9-10-22(32)16-34-15-21)30-24(27-20)17-5-7-18(8-6-17)28-25(33)29-19-4-3-11-26-13-19/h3-8,11-13,21-22H,9-10,14-16H2,1-2H3,(H2,28,29,33). The molecular weight excluding hydrogens is 430 g/mol. The zero-order chi connectivity index (χ0) is 23.5. The predicted molar refractivity (Wildman–Crippen MR) is 132 cm³/mol. The van der Waals surface area contributed by atoms with E-state index in [1.807, 2.05) is 38.4 Å². The zero-order valence-electron chi connectivity index (χ0n) is 19.4. The van der Waals surface area contributed by atoms with Crippen molar-refractivity contribution in [2.75, 3.05) is 42.8 Å². The van der Waals surface area contributed by atoms with Crippen LogP contribution in [0.5, 0.6) is 0 Å². The highest BCUT2D eigenvalue weighted by atomic mass is 16.5. The van der Waals surface area contributed by atoms with E-state index in [1.54, 1.807) is 24.5 Å². The Bertz CT molecular complexity index is 1120. The molecule has 0 radical (unpaired) electrons. The van der Waals surface area contributed by atoms with Gasteiger partial charge in [-0.2, -0.15) is 0 Å². The lowest BCUT2D eigenvalue weighted by Gasteiger charge is -2.36. The maximum absolute atomic E-state index is 12.3. The van der Waals surface area contributed by atoms with Gasteiger partial charge in [0.1, 0.15) is 5.82 Å². The lowest BCUT2D eigenvalue weighted by Crippen LogP contribution is -2.46. The number of amides is 2. The fourth-order valence-electron chi connectivity index (χ4n) is 4.58. The van der Waals surface area contributed by atoms with Gasteiger partial charge < -0.3 is 25.2 Å². The third-order valence-electron chi connectivity index (χ3n) is 6.07. The Morgan fingerprint density at radius 3 is 2.47 bits per heavy atom. The number of hydrogen-bond donors (Lipinski definition) is 2. The Morgan fingerprint density at radius 2 is 1.79 bits per heavy atom. The van der Waals surface area contributed by atoms with E-state index in [9.17, 15) is 4.79 Å². The lowest BCUT2D eigenvalue weighted by atomic mass is 10.1. The molecule has 2 fully saturated rings. The van der Waals surface area contributed by atoms with Gasteiger partial charge in [-0.3, -0.25) is 4.98 Å². The lowest BCUT2D eigenvalue weighted by molar-refractivity contribution is 0.0902. The average molecular weight is 460 g/mol. The molecule has 2 N–H and O–H groups in total. The summed E-state index contributed by atoms with van der Waals surface area (Å²) in [4.78, 5) is 30.6. The van der Waals surface area contributed by atoms with Gasteiger partial charge in [-0.15, -0.1) is 0 Å². The SMILES string of the molecule is CN(C)Cc1cc(N2C3CCC2COC3)nc(-c2ccc(NC(=O)Nc3cccnc3)cc2)n1. The van der Waals surface area contributed by atoms with Gasteiger partial charge in [-0.05, 0) is 63.3 Å². The smallest absolute Gasteiger partial charge is 0.323 e. The first-order valence-electron chi connectivity index (χ1n) is 11.5. The van der Waals surface area contributed by atoms with Crippen LogP contribution in [0.1, 0.15) is 18.5 Å². The van der Waals surface area contributed by atoms with Crippen molar-refractivity contribution in [3.63, 3.8) is 0 Å². The number of benzene rings is 1. The summed E-state index contributed by atoms with van der Waals surface area (Å²) in [6, 6.07) is 13.7. The number of rotatable bonds is 6. The number of anilines is 3. The Morgan fingerprint density at radius 1 is 1.06 bits per heavy atom. The minimum absolute atomic E-state index is 0.324. The van der Waals surface area contributed by atoms with Crippen LogP contribution < -0.4 is 15.5 Å². The summed E-state index contributed by atoms with van der Waals surface area (Å²) < 4.78 is 5.76. The second-order valence-electron chi connectivity index (χ2n) is 9.01. The maximum atomic E-state index is 12.3. The number of carbonyl (C=O) groups excluding carboxylic acids is 1. The van der Waals surface area contributed by atoms with Crippen molar-refractivity contribution in [3.8, 4) is 11.4 Å². The molecule has 2 aromatic heterocycles. The number of aromatic nitrogens is 3. The molecule has 0 spiro atoms. The fourth-order valence-corrected chi connectivity index (χ4v) is 4.58. The monoisotopic (exact) mass is 459 g/mol. The van der Waals surface area contributed by atoms with Crippen LogP contribution in [0.3, 0.4) is 0 Å². The summed E-state index contributed by atoms with van der Waals surface area (Å²) in [7, 11) is 4.08. The molecule has 0 aliphatic carbocycles. The van der Waals surface area contributed by atoms with Crippen LogP contribution in [-0.4, -0.2) is 65.3 Å². The van der Waals surface area contributed by atoms with Gasteiger partial charge in [0.25, 0.3) is 0 Å². The van der Waals surface area contributed by atoms with Crippen molar-refractivity contribution >= 4 is 23.2 Å². The molecule has 3 aromatic rings. The number of hydrogen-bond acceptors (Lipinski definition) is 7. The summed E-state index contributed by atoms with van der Waals surface area (Å²) in [5, 5.41) is 5.60. The highest BCUT2D eigenvalue weighted by Crippen LogP contribution is 2.34. The van der Waals surface area contributed by atoms with Gasteiger partial charge >= 0.3 is 6.03 Å². The topological polar surface area (TPSA) is 95.5 Å². The first-order valence-corrected chi connectivity index (χ1v) is 11.5. The van der Waals surface area contributed by atoms with Gasteiger partial charge in [0.05, 0.1) is 42.9 Å². The molecule has 2 atom stereocenters. The van der Waals surface area contributed by atoms with Crippen LogP contribution in [-0.2, 0) is 11.3 Å². The van der Waals surface area contributed by atoms with Crippen molar-refractivity contribution in [2.24, 2.45) is 0 Å². The largest absolute Gasteiger partial charge is 0.377 e. The molecule has 2 unspecified atom stereocenters. The number of morpholine rings is 1. The number of fused-ring (bicyclic) bond motifs is 2. The van der Waals surface area contributed by atoms with Crippen LogP contribution in [0.25, 0.3) is 11.4 Å². The van der Waals surface area contributed by atoms with Gasteiger partial charge in [-0.25, -0.2) is 14.8 Å². The van der Waals surface area contributed by atoms with Crippen LogP contribution >= 0.6 is 0 Å². The molecule has 2 aliphatic rings. The van der Waals surface area contributed by atoms with Gasteiger partial charge in [-0.1, -0.05) is 0 Å². The predicted octanol–water partition coefficient (Wildman–Crippen LogP) is 3.61.